The van der Waals surface area contributed by atoms with Crippen molar-refractivity contribution in [1.82, 2.24) is 5.32 Å². The lowest BCUT2D eigenvalue weighted by Gasteiger charge is -2.49. The van der Waals surface area contributed by atoms with Crippen molar-refractivity contribution in [3.05, 3.63) is 71.8 Å². The van der Waals surface area contributed by atoms with E-state index in [-0.39, 0.29) is 17.9 Å². The Morgan fingerprint density at radius 2 is 1.46 bits per heavy atom. The summed E-state index contributed by atoms with van der Waals surface area (Å²) in [6, 6.07) is 21.4. The van der Waals surface area contributed by atoms with Gasteiger partial charge in [-0.1, -0.05) is 73.5 Å². The quantitative estimate of drug-likeness (QED) is 0.621. The van der Waals surface area contributed by atoms with Crippen LogP contribution < -0.4 is 5.32 Å². The van der Waals surface area contributed by atoms with Gasteiger partial charge in [-0.15, -0.1) is 12.4 Å². The predicted octanol–water partition coefficient (Wildman–Crippen LogP) is 5.56. The van der Waals surface area contributed by atoms with Crippen molar-refractivity contribution in [2.45, 2.75) is 50.7 Å². The van der Waals surface area contributed by atoms with Crippen LogP contribution in [0.15, 0.2) is 60.7 Å². The van der Waals surface area contributed by atoms with Crippen molar-refractivity contribution in [1.29, 1.82) is 0 Å². The standard InChI is InChI=1S/C23H31NO.ClH/c1-4-25-23(20-11-7-5-8-12-20,21-13-9-6-10-14-21)22(2,24-3)18-17-19-15-16-19;/h5-14,19,24H,4,15-18H2,1-3H3;1H. The summed E-state index contributed by atoms with van der Waals surface area (Å²) in [5.74, 6) is 0.901. The Bertz CT molecular complexity index is 617. The largest absolute Gasteiger partial charge is 0.364 e. The lowest BCUT2D eigenvalue weighted by atomic mass is 9.69. The third kappa shape index (κ3) is 3.98. The number of halogens is 1. The Labute approximate surface area is 164 Å². The second kappa shape index (κ2) is 9.03. The van der Waals surface area contributed by atoms with Crippen LogP contribution in [0.5, 0.6) is 0 Å². The van der Waals surface area contributed by atoms with Gasteiger partial charge in [0.2, 0.25) is 0 Å². The Kier molecular flexibility index (Phi) is 7.28. The smallest absolute Gasteiger partial charge is 0.136 e. The fourth-order valence-electron chi connectivity index (χ4n) is 4.07. The summed E-state index contributed by atoms with van der Waals surface area (Å²) >= 11 is 0. The molecular formula is C23H32ClNO. The van der Waals surface area contributed by atoms with E-state index in [0.29, 0.717) is 6.61 Å². The van der Waals surface area contributed by atoms with E-state index in [1.54, 1.807) is 0 Å². The molecule has 3 rings (SSSR count). The number of benzene rings is 2. The molecule has 2 aromatic rings. The molecule has 3 heteroatoms. The minimum atomic E-state index is -0.506. The molecule has 1 N–H and O–H groups in total. The van der Waals surface area contributed by atoms with Gasteiger partial charge in [-0.2, -0.15) is 0 Å². The predicted molar refractivity (Wildman–Crippen MR) is 112 cm³/mol. The zero-order chi connectivity index (χ0) is 17.8. The molecule has 0 amide bonds. The van der Waals surface area contributed by atoms with Gasteiger partial charge in [0.05, 0.1) is 5.54 Å². The van der Waals surface area contributed by atoms with Crippen LogP contribution >= 0.6 is 12.4 Å². The van der Waals surface area contributed by atoms with Crippen LogP contribution in [-0.4, -0.2) is 19.2 Å². The van der Waals surface area contributed by atoms with Crippen molar-refractivity contribution < 1.29 is 4.74 Å². The molecule has 0 saturated heterocycles. The minimum Gasteiger partial charge on any atom is -0.364 e. The third-order valence-corrected chi connectivity index (χ3v) is 5.80. The molecule has 2 aromatic carbocycles. The summed E-state index contributed by atoms with van der Waals surface area (Å²) in [4.78, 5) is 0. The summed E-state index contributed by atoms with van der Waals surface area (Å²) in [6.07, 6.45) is 5.12. The molecule has 1 atom stereocenters. The lowest BCUT2D eigenvalue weighted by Crippen LogP contribution is -2.60. The second-order valence-corrected chi connectivity index (χ2v) is 7.41. The molecule has 1 unspecified atom stereocenters. The van der Waals surface area contributed by atoms with E-state index in [1.165, 1.54) is 30.4 Å². The van der Waals surface area contributed by atoms with Gasteiger partial charge in [0.15, 0.2) is 0 Å². The highest BCUT2D eigenvalue weighted by Crippen LogP contribution is 2.47. The average molecular weight is 374 g/mol. The minimum absolute atomic E-state index is 0. The first-order valence-electron chi connectivity index (χ1n) is 9.60. The van der Waals surface area contributed by atoms with Crippen LogP contribution in [-0.2, 0) is 10.3 Å². The maximum absolute atomic E-state index is 6.65. The highest BCUT2D eigenvalue weighted by molar-refractivity contribution is 5.85. The number of hydrogen-bond acceptors (Lipinski definition) is 2. The number of likely N-dealkylation sites (N-methyl/N-ethyl adjacent to an activating group) is 1. The highest BCUT2D eigenvalue weighted by atomic mass is 35.5. The number of nitrogens with one attached hydrogen (secondary N) is 1. The van der Waals surface area contributed by atoms with E-state index in [0.717, 1.165) is 12.3 Å². The van der Waals surface area contributed by atoms with Crippen molar-refractivity contribution in [3.8, 4) is 0 Å². The molecule has 0 aliphatic heterocycles. The topological polar surface area (TPSA) is 21.3 Å². The summed E-state index contributed by atoms with van der Waals surface area (Å²) in [7, 11) is 2.08. The van der Waals surface area contributed by atoms with Crippen molar-refractivity contribution in [2.24, 2.45) is 5.92 Å². The molecule has 1 fully saturated rings. The molecule has 0 radical (unpaired) electrons. The van der Waals surface area contributed by atoms with E-state index in [4.69, 9.17) is 4.74 Å². The van der Waals surface area contributed by atoms with Crippen molar-refractivity contribution in [3.63, 3.8) is 0 Å². The van der Waals surface area contributed by atoms with E-state index in [2.05, 4.69) is 86.9 Å². The van der Waals surface area contributed by atoms with E-state index in [1.807, 2.05) is 0 Å². The van der Waals surface area contributed by atoms with Gasteiger partial charge in [-0.3, -0.25) is 0 Å². The van der Waals surface area contributed by atoms with Crippen LogP contribution in [0.1, 0.15) is 50.7 Å². The summed E-state index contributed by atoms with van der Waals surface area (Å²) in [5, 5.41) is 3.66. The molecule has 0 aromatic heterocycles. The fraction of sp³-hybridized carbons (Fsp3) is 0.478. The van der Waals surface area contributed by atoms with Gasteiger partial charge in [-0.25, -0.2) is 0 Å². The molecule has 26 heavy (non-hydrogen) atoms. The third-order valence-electron chi connectivity index (χ3n) is 5.80. The van der Waals surface area contributed by atoms with Crippen LogP contribution in [0.3, 0.4) is 0 Å². The highest BCUT2D eigenvalue weighted by Gasteiger charge is 2.51. The van der Waals surface area contributed by atoms with E-state index >= 15 is 0 Å². The monoisotopic (exact) mass is 373 g/mol. The molecule has 0 spiro atoms. The molecule has 2 nitrogen and oxygen atoms in total. The van der Waals surface area contributed by atoms with Crippen LogP contribution in [0.25, 0.3) is 0 Å². The van der Waals surface area contributed by atoms with Gasteiger partial charge in [0.25, 0.3) is 0 Å². The van der Waals surface area contributed by atoms with Gasteiger partial charge in [0, 0.05) is 6.61 Å². The molecule has 0 heterocycles. The fourth-order valence-corrected chi connectivity index (χ4v) is 4.07. The molecule has 1 aliphatic carbocycles. The SMILES string of the molecule is CCOC(c1ccccc1)(c1ccccc1)C(C)(CCC1CC1)NC.Cl. The first-order valence-corrected chi connectivity index (χ1v) is 9.60. The Hall–Kier alpha value is -1.35. The zero-order valence-corrected chi connectivity index (χ0v) is 17.0. The van der Waals surface area contributed by atoms with Crippen LogP contribution in [0.4, 0.5) is 0 Å². The summed E-state index contributed by atoms with van der Waals surface area (Å²) < 4.78 is 6.65. The normalized spacial score (nSPS) is 16.6. The lowest BCUT2D eigenvalue weighted by molar-refractivity contribution is -0.0789. The average Bonchev–Trinajstić information content (AvgIpc) is 3.50. The first-order chi connectivity index (χ1) is 12.2. The Balaban J connectivity index is 0.00000243. The van der Waals surface area contributed by atoms with Crippen LogP contribution in [0, 0.1) is 5.92 Å². The Morgan fingerprint density at radius 3 is 1.85 bits per heavy atom. The van der Waals surface area contributed by atoms with Gasteiger partial charge >= 0.3 is 0 Å². The number of hydrogen-bond donors (Lipinski definition) is 1. The van der Waals surface area contributed by atoms with Gasteiger partial charge in [0.1, 0.15) is 5.60 Å². The summed E-state index contributed by atoms with van der Waals surface area (Å²) in [5.41, 5.74) is 1.74. The molecule has 1 aliphatic rings. The number of rotatable bonds is 9. The first kappa shape index (κ1) is 21.0. The van der Waals surface area contributed by atoms with Gasteiger partial charge in [-0.05, 0) is 50.8 Å². The maximum atomic E-state index is 6.65. The van der Waals surface area contributed by atoms with Crippen molar-refractivity contribution >= 4 is 12.4 Å². The van der Waals surface area contributed by atoms with E-state index < -0.39 is 5.60 Å². The molecule has 1 saturated carbocycles. The molecule has 142 valence electrons. The van der Waals surface area contributed by atoms with Crippen molar-refractivity contribution in [2.75, 3.05) is 13.7 Å². The Morgan fingerprint density at radius 1 is 0.962 bits per heavy atom. The molecule has 0 bridgehead atoms. The molecular weight excluding hydrogens is 342 g/mol. The maximum Gasteiger partial charge on any atom is 0.136 e. The summed E-state index contributed by atoms with van der Waals surface area (Å²) in [6.45, 7) is 5.09. The van der Waals surface area contributed by atoms with Crippen LogP contribution in [0.2, 0.25) is 0 Å². The van der Waals surface area contributed by atoms with Gasteiger partial charge < -0.3 is 10.1 Å². The zero-order valence-electron chi connectivity index (χ0n) is 16.2. The number of ether oxygens (including phenoxy) is 1. The second-order valence-electron chi connectivity index (χ2n) is 7.41. The van der Waals surface area contributed by atoms with E-state index in [9.17, 15) is 0 Å².